The molecule has 114 valence electrons. The Labute approximate surface area is 126 Å². The number of halogens is 1. The summed E-state index contributed by atoms with van der Waals surface area (Å²) in [5.74, 6) is -1.20. The maximum absolute atomic E-state index is 11.8. The molecule has 0 aromatic heterocycles. The molecule has 8 heteroatoms. The van der Waals surface area contributed by atoms with Crippen molar-refractivity contribution in [2.45, 2.75) is 25.7 Å². The number of carboxylic acid groups (broad SMARTS) is 1. The van der Waals surface area contributed by atoms with Crippen LogP contribution in [0.4, 0.5) is 5.69 Å². The van der Waals surface area contributed by atoms with E-state index in [1.165, 1.54) is 18.2 Å². The molecule has 0 heterocycles. The molecular weight excluding hydrogens is 300 g/mol. The highest BCUT2D eigenvalue weighted by molar-refractivity contribution is 6.33. The molecule has 1 amide bonds. The highest BCUT2D eigenvalue weighted by Gasteiger charge is 2.14. The van der Waals surface area contributed by atoms with Crippen LogP contribution in [0.3, 0.4) is 0 Å². The Kier molecular flexibility index (Phi) is 6.61. The van der Waals surface area contributed by atoms with Gasteiger partial charge >= 0.3 is 5.97 Å². The fraction of sp³-hybridized carbons (Fsp3) is 0.385. The SMILES string of the molecule is O=C(O)CCCCCNC(=O)c1ccc([N+](=O)[O-])c(Cl)c1. The van der Waals surface area contributed by atoms with E-state index in [2.05, 4.69) is 5.32 Å². The third kappa shape index (κ3) is 5.78. The van der Waals surface area contributed by atoms with Crippen LogP contribution in [0.5, 0.6) is 0 Å². The highest BCUT2D eigenvalue weighted by atomic mass is 35.5. The molecule has 0 bridgehead atoms. The fourth-order valence-electron chi connectivity index (χ4n) is 1.68. The highest BCUT2D eigenvalue weighted by Crippen LogP contribution is 2.24. The van der Waals surface area contributed by atoms with Crippen LogP contribution in [0.1, 0.15) is 36.0 Å². The molecule has 0 aliphatic heterocycles. The number of rotatable bonds is 8. The van der Waals surface area contributed by atoms with Gasteiger partial charge in [0.1, 0.15) is 5.02 Å². The number of hydrogen-bond donors (Lipinski definition) is 2. The Morgan fingerprint density at radius 1 is 1.29 bits per heavy atom. The Bertz CT molecular complexity index is 547. The Morgan fingerprint density at radius 2 is 2.00 bits per heavy atom. The minimum atomic E-state index is -0.834. The van der Waals surface area contributed by atoms with Gasteiger partial charge in [0.2, 0.25) is 0 Å². The number of carbonyl (C=O) groups is 2. The van der Waals surface area contributed by atoms with Crippen molar-refractivity contribution in [1.82, 2.24) is 5.32 Å². The van der Waals surface area contributed by atoms with E-state index in [-0.39, 0.29) is 28.6 Å². The van der Waals surface area contributed by atoms with Crippen molar-refractivity contribution in [3.63, 3.8) is 0 Å². The van der Waals surface area contributed by atoms with Crippen molar-refractivity contribution in [3.05, 3.63) is 38.9 Å². The van der Waals surface area contributed by atoms with E-state index in [1.807, 2.05) is 0 Å². The smallest absolute Gasteiger partial charge is 0.303 e. The van der Waals surface area contributed by atoms with E-state index in [0.29, 0.717) is 25.8 Å². The number of carbonyl (C=O) groups excluding carboxylic acids is 1. The Balaban J connectivity index is 2.40. The van der Waals surface area contributed by atoms with Gasteiger partial charge in [-0.2, -0.15) is 0 Å². The molecule has 0 unspecified atom stereocenters. The van der Waals surface area contributed by atoms with Crippen molar-refractivity contribution in [2.24, 2.45) is 0 Å². The molecule has 0 aliphatic rings. The summed E-state index contributed by atoms with van der Waals surface area (Å²) in [6.45, 7) is 0.410. The fourth-order valence-corrected chi connectivity index (χ4v) is 1.93. The zero-order valence-electron chi connectivity index (χ0n) is 11.2. The first-order chi connectivity index (χ1) is 9.91. The monoisotopic (exact) mass is 314 g/mol. The van der Waals surface area contributed by atoms with Crippen molar-refractivity contribution >= 4 is 29.2 Å². The predicted octanol–water partition coefficient (Wildman–Crippen LogP) is 2.62. The van der Waals surface area contributed by atoms with Gasteiger partial charge in [-0.05, 0) is 25.0 Å². The van der Waals surface area contributed by atoms with E-state index in [9.17, 15) is 19.7 Å². The molecule has 0 saturated carbocycles. The van der Waals surface area contributed by atoms with Crippen molar-refractivity contribution in [2.75, 3.05) is 6.54 Å². The molecule has 0 atom stereocenters. The van der Waals surface area contributed by atoms with Crippen LogP contribution in [0.2, 0.25) is 5.02 Å². The predicted molar refractivity (Wildman–Crippen MR) is 76.5 cm³/mol. The summed E-state index contributed by atoms with van der Waals surface area (Å²) in [5.41, 5.74) is -0.00183. The van der Waals surface area contributed by atoms with Gasteiger partial charge in [0, 0.05) is 24.6 Å². The van der Waals surface area contributed by atoms with Crippen molar-refractivity contribution in [3.8, 4) is 0 Å². The van der Waals surface area contributed by atoms with Gasteiger partial charge in [0.15, 0.2) is 0 Å². The summed E-state index contributed by atoms with van der Waals surface area (Å²) in [4.78, 5) is 32.1. The number of nitro benzene ring substituents is 1. The Morgan fingerprint density at radius 3 is 2.57 bits per heavy atom. The van der Waals surface area contributed by atoms with Crippen LogP contribution in [0, 0.1) is 10.1 Å². The number of benzene rings is 1. The molecule has 0 fully saturated rings. The third-order valence-electron chi connectivity index (χ3n) is 2.76. The van der Waals surface area contributed by atoms with Gasteiger partial charge in [0.05, 0.1) is 4.92 Å². The van der Waals surface area contributed by atoms with Crippen LogP contribution in [0.25, 0.3) is 0 Å². The second-order valence-electron chi connectivity index (χ2n) is 4.38. The first-order valence-corrected chi connectivity index (χ1v) is 6.73. The van der Waals surface area contributed by atoms with Crippen LogP contribution in [-0.4, -0.2) is 28.5 Å². The van der Waals surface area contributed by atoms with Gasteiger partial charge in [0.25, 0.3) is 11.6 Å². The van der Waals surface area contributed by atoms with Gasteiger partial charge in [-0.1, -0.05) is 18.0 Å². The number of hydrogen-bond acceptors (Lipinski definition) is 4. The summed E-state index contributed by atoms with van der Waals surface area (Å²) >= 11 is 5.72. The summed E-state index contributed by atoms with van der Waals surface area (Å²) in [6, 6.07) is 3.77. The van der Waals surface area contributed by atoms with E-state index in [4.69, 9.17) is 16.7 Å². The topological polar surface area (TPSA) is 110 Å². The Hall–Kier alpha value is -2.15. The molecule has 0 saturated heterocycles. The number of carboxylic acids is 1. The standard InChI is InChI=1S/C13H15ClN2O5/c14-10-8-9(5-6-11(10)16(20)21)13(19)15-7-3-1-2-4-12(17)18/h5-6,8H,1-4,7H2,(H,15,19)(H,17,18). The maximum atomic E-state index is 11.8. The first-order valence-electron chi connectivity index (χ1n) is 6.35. The lowest BCUT2D eigenvalue weighted by atomic mass is 10.1. The molecule has 0 spiro atoms. The van der Waals surface area contributed by atoms with Crippen molar-refractivity contribution in [1.29, 1.82) is 0 Å². The third-order valence-corrected chi connectivity index (χ3v) is 3.06. The molecule has 1 rings (SSSR count). The quantitative estimate of drug-likeness (QED) is 0.435. The van der Waals surface area contributed by atoms with Crippen molar-refractivity contribution < 1.29 is 19.6 Å². The average Bonchev–Trinajstić information content (AvgIpc) is 2.41. The number of amides is 1. The van der Waals surface area contributed by atoms with Crippen LogP contribution >= 0.6 is 11.6 Å². The summed E-state index contributed by atoms with van der Waals surface area (Å²) in [5, 5.41) is 21.6. The maximum Gasteiger partial charge on any atom is 0.303 e. The average molecular weight is 315 g/mol. The number of nitrogens with one attached hydrogen (secondary N) is 1. The van der Waals surface area contributed by atoms with Crippen LogP contribution in [0.15, 0.2) is 18.2 Å². The zero-order valence-corrected chi connectivity index (χ0v) is 11.9. The van der Waals surface area contributed by atoms with Crippen LogP contribution < -0.4 is 5.32 Å². The van der Waals surface area contributed by atoms with Gasteiger partial charge in [-0.15, -0.1) is 0 Å². The summed E-state index contributed by atoms with van der Waals surface area (Å²) < 4.78 is 0. The van der Waals surface area contributed by atoms with E-state index in [1.54, 1.807) is 0 Å². The van der Waals surface area contributed by atoms with Gasteiger partial charge in [-0.3, -0.25) is 19.7 Å². The van der Waals surface area contributed by atoms with E-state index >= 15 is 0 Å². The summed E-state index contributed by atoms with van der Waals surface area (Å²) in [7, 11) is 0. The second kappa shape index (κ2) is 8.21. The molecule has 2 N–H and O–H groups in total. The van der Waals surface area contributed by atoms with Gasteiger partial charge < -0.3 is 10.4 Å². The molecule has 0 radical (unpaired) electrons. The molecule has 1 aromatic rings. The molecular formula is C13H15ClN2O5. The van der Waals surface area contributed by atoms with E-state index in [0.717, 1.165) is 0 Å². The zero-order chi connectivity index (χ0) is 15.8. The lowest BCUT2D eigenvalue weighted by molar-refractivity contribution is -0.384. The van der Waals surface area contributed by atoms with E-state index < -0.39 is 10.9 Å². The lowest BCUT2D eigenvalue weighted by Gasteiger charge is -2.05. The second-order valence-corrected chi connectivity index (χ2v) is 4.79. The van der Waals surface area contributed by atoms with Crippen LogP contribution in [-0.2, 0) is 4.79 Å². The lowest BCUT2D eigenvalue weighted by Crippen LogP contribution is -2.24. The number of nitro groups is 1. The molecule has 0 aliphatic carbocycles. The largest absolute Gasteiger partial charge is 0.481 e. The number of aliphatic carboxylic acids is 1. The minimum absolute atomic E-state index is 0.0888. The number of unbranched alkanes of at least 4 members (excludes halogenated alkanes) is 2. The minimum Gasteiger partial charge on any atom is -0.481 e. The first kappa shape index (κ1) is 16.9. The normalized spacial score (nSPS) is 10.1. The molecule has 21 heavy (non-hydrogen) atoms. The molecule has 1 aromatic carbocycles. The number of nitrogens with zero attached hydrogens (tertiary/aromatic N) is 1. The summed E-state index contributed by atoms with van der Waals surface area (Å²) in [6.07, 6.45) is 2.05. The molecule has 7 nitrogen and oxygen atoms in total. The van der Waals surface area contributed by atoms with Gasteiger partial charge in [-0.25, -0.2) is 0 Å².